The molecule has 1 rings (SSSR count). The fourth-order valence-corrected chi connectivity index (χ4v) is 2.34. The molecule has 1 unspecified atom stereocenters. The molecule has 0 fully saturated rings. The summed E-state index contributed by atoms with van der Waals surface area (Å²) in [5.74, 6) is 2.52. The Bertz CT molecular complexity index is 419. The van der Waals surface area contributed by atoms with Crippen molar-refractivity contribution in [1.29, 1.82) is 0 Å². The fourth-order valence-electron chi connectivity index (χ4n) is 1.55. The van der Waals surface area contributed by atoms with E-state index in [2.05, 4.69) is 18.7 Å². The second-order valence-corrected chi connectivity index (χ2v) is 5.74. The summed E-state index contributed by atoms with van der Waals surface area (Å²) in [6, 6.07) is 1.78. The molecular formula is C13H21NO3S. The Labute approximate surface area is 112 Å². The van der Waals surface area contributed by atoms with Crippen LogP contribution < -0.4 is 5.43 Å². The molecule has 102 valence electrons. The third-order valence-corrected chi connectivity index (χ3v) is 3.84. The van der Waals surface area contributed by atoms with Gasteiger partial charge in [0.05, 0.1) is 6.54 Å². The number of nitrogens with zero attached hydrogens (tertiary/aromatic N) is 1. The minimum Gasteiger partial charge on any atom is -0.502 e. The van der Waals surface area contributed by atoms with E-state index < -0.39 is 0 Å². The van der Waals surface area contributed by atoms with E-state index >= 15 is 0 Å². The van der Waals surface area contributed by atoms with Gasteiger partial charge in [0.15, 0.2) is 5.75 Å². The van der Waals surface area contributed by atoms with Gasteiger partial charge in [-0.1, -0.05) is 6.92 Å². The SMILES string of the molecule is CCSCCC(C)N(C)Cc1cc(=O)c(O)co1. The van der Waals surface area contributed by atoms with Crippen LogP contribution in [0.1, 0.15) is 26.0 Å². The molecule has 0 aliphatic rings. The largest absolute Gasteiger partial charge is 0.502 e. The van der Waals surface area contributed by atoms with Gasteiger partial charge in [-0.05, 0) is 31.9 Å². The van der Waals surface area contributed by atoms with E-state index in [1.54, 1.807) is 0 Å². The van der Waals surface area contributed by atoms with Crippen molar-refractivity contribution < 1.29 is 9.52 Å². The first-order valence-electron chi connectivity index (χ1n) is 6.13. The first-order chi connectivity index (χ1) is 8.54. The molecule has 0 aromatic carbocycles. The summed E-state index contributed by atoms with van der Waals surface area (Å²) in [4.78, 5) is 13.4. The van der Waals surface area contributed by atoms with Crippen molar-refractivity contribution in [1.82, 2.24) is 4.90 Å². The highest BCUT2D eigenvalue weighted by molar-refractivity contribution is 7.99. The number of rotatable bonds is 7. The molecule has 4 nitrogen and oxygen atoms in total. The Morgan fingerprint density at radius 3 is 2.89 bits per heavy atom. The van der Waals surface area contributed by atoms with E-state index in [0.717, 1.165) is 24.2 Å². The smallest absolute Gasteiger partial charge is 0.226 e. The van der Waals surface area contributed by atoms with E-state index in [4.69, 9.17) is 9.52 Å². The van der Waals surface area contributed by atoms with Crippen molar-refractivity contribution in [2.24, 2.45) is 0 Å². The Morgan fingerprint density at radius 1 is 1.56 bits per heavy atom. The van der Waals surface area contributed by atoms with E-state index in [1.165, 1.54) is 6.07 Å². The lowest BCUT2D eigenvalue weighted by molar-refractivity contribution is 0.222. The molecule has 1 aromatic rings. The van der Waals surface area contributed by atoms with Crippen LogP contribution in [0.2, 0.25) is 0 Å². The summed E-state index contributed by atoms with van der Waals surface area (Å²) in [5.41, 5.74) is -0.390. The molecule has 0 radical (unpaired) electrons. The molecular weight excluding hydrogens is 250 g/mol. The Balaban J connectivity index is 2.50. The average Bonchev–Trinajstić information content (AvgIpc) is 2.34. The molecule has 1 aromatic heterocycles. The van der Waals surface area contributed by atoms with Crippen molar-refractivity contribution in [2.45, 2.75) is 32.9 Å². The standard InChI is InChI=1S/C13H21NO3S/c1-4-18-6-5-10(2)14(3)8-11-7-12(15)13(16)9-17-11/h7,9-10,16H,4-6,8H2,1-3H3. The summed E-state index contributed by atoms with van der Waals surface area (Å²) in [7, 11) is 2.01. The Morgan fingerprint density at radius 2 is 2.28 bits per heavy atom. The Kier molecular flexibility index (Phi) is 6.29. The monoisotopic (exact) mass is 271 g/mol. The summed E-state index contributed by atoms with van der Waals surface area (Å²) < 4.78 is 5.19. The van der Waals surface area contributed by atoms with Gasteiger partial charge in [-0.15, -0.1) is 0 Å². The van der Waals surface area contributed by atoms with Crippen LogP contribution in [0.4, 0.5) is 0 Å². The van der Waals surface area contributed by atoms with Crippen molar-refractivity contribution in [3.8, 4) is 5.75 Å². The molecule has 1 heterocycles. The number of aromatic hydroxyl groups is 1. The van der Waals surface area contributed by atoms with Gasteiger partial charge in [0.1, 0.15) is 12.0 Å². The Hall–Kier alpha value is -0.940. The minimum absolute atomic E-state index is 0.339. The van der Waals surface area contributed by atoms with Gasteiger partial charge in [0, 0.05) is 12.1 Å². The lowest BCUT2D eigenvalue weighted by atomic mass is 10.2. The second-order valence-electron chi connectivity index (χ2n) is 4.35. The summed E-state index contributed by atoms with van der Waals surface area (Å²) >= 11 is 1.93. The molecule has 0 spiro atoms. The quantitative estimate of drug-likeness (QED) is 0.771. The van der Waals surface area contributed by atoms with Crippen LogP contribution >= 0.6 is 11.8 Å². The van der Waals surface area contributed by atoms with Crippen LogP contribution in [0, 0.1) is 0 Å². The highest BCUT2D eigenvalue weighted by Gasteiger charge is 2.11. The predicted molar refractivity (Wildman–Crippen MR) is 75.2 cm³/mol. The van der Waals surface area contributed by atoms with Gasteiger partial charge < -0.3 is 9.52 Å². The molecule has 0 saturated heterocycles. The van der Waals surface area contributed by atoms with E-state index in [-0.39, 0.29) is 11.2 Å². The maximum atomic E-state index is 11.3. The number of hydrogen-bond donors (Lipinski definition) is 1. The predicted octanol–water partition coefficient (Wildman–Crippen LogP) is 2.31. The maximum Gasteiger partial charge on any atom is 0.226 e. The molecule has 0 bridgehead atoms. The van der Waals surface area contributed by atoms with Gasteiger partial charge in [-0.2, -0.15) is 11.8 Å². The lowest BCUT2D eigenvalue weighted by Gasteiger charge is -2.23. The zero-order chi connectivity index (χ0) is 13.5. The molecule has 1 atom stereocenters. The van der Waals surface area contributed by atoms with Crippen LogP contribution in [0.3, 0.4) is 0 Å². The normalized spacial score (nSPS) is 12.9. The van der Waals surface area contributed by atoms with E-state index in [0.29, 0.717) is 18.3 Å². The first kappa shape index (κ1) is 15.1. The molecule has 0 aliphatic heterocycles. The van der Waals surface area contributed by atoms with Crippen molar-refractivity contribution in [3.63, 3.8) is 0 Å². The van der Waals surface area contributed by atoms with Gasteiger partial charge >= 0.3 is 0 Å². The highest BCUT2D eigenvalue weighted by Crippen LogP contribution is 2.12. The van der Waals surface area contributed by atoms with Crippen LogP contribution in [-0.2, 0) is 6.54 Å². The molecule has 5 heteroatoms. The third kappa shape index (κ3) is 4.74. The average molecular weight is 271 g/mol. The third-order valence-electron chi connectivity index (χ3n) is 2.91. The molecule has 18 heavy (non-hydrogen) atoms. The maximum absolute atomic E-state index is 11.3. The van der Waals surface area contributed by atoms with Crippen LogP contribution in [0.15, 0.2) is 21.5 Å². The van der Waals surface area contributed by atoms with Gasteiger partial charge in [0.25, 0.3) is 0 Å². The van der Waals surface area contributed by atoms with Gasteiger partial charge in [-0.3, -0.25) is 9.69 Å². The summed E-state index contributed by atoms with van der Waals surface area (Å²) in [6.07, 6.45) is 2.21. The second kappa shape index (κ2) is 7.48. The zero-order valence-corrected chi connectivity index (χ0v) is 12.0. The number of hydrogen-bond acceptors (Lipinski definition) is 5. The molecule has 0 saturated carbocycles. The van der Waals surface area contributed by atoms with E-state index in [1.807, 2.05) is 18.8 Å². The molecule has 0 aliphatic carbocycles. The molecule has 0 amide bonds. The summed E-state index contributed by atoms with van der Waals surface area (Å²) in [5, 5.41) is 9.11. The van der Waals surface area contributed by atoms with Crippen LogP contribution in [-0.4, -0.2) is 34.6 Å². The van der Waals surface area contributed by atoms with Crippen molar-refractivity contribution in [2.75, 3.05) is 18.6 Å². The van der Waals surface area contributed by atoms with Gasteiger partial charge in [0.2, 0.25) is 5.43 Å². The highest BCUT2D eigenvalue weighted by atomic mass is 32.2. The van der Waals surface area contributed by atoms with Crippen LogP contribution in [0.25, 0.3) is 0 Å². The summed E-state index contributed by atoms with van der Waals surface area (Å²) in [6.45, 7) is 4.90. The minimum atomic E-state index is -0.390. The van der Waals surface area contributed by atoms with Crippen molar-refractivity contribution in [3.05, 3.63) is 28.3 Å². The topological polar surface area (TPSA) is 53.7 Å². The van der Waals surface area contributed by atoms with Gasteiger partial charge in [-0.25, -0.2) is 0 Å². The first-order valence-corrected chi connectivity index (χ1v) is 7.28. The van der Waals surface area contributed by atoms with Crippen LogP contribution in [0.5, 0.6) is 5.75 Å². The zero-order valence-electron chi connectivity index (χ0n) is 11.2. The number of thioether (sulfide) groups is 1. The molecule has 1 N–H and O–H groups in total. The van der Waals surface area contributed by atoms with E-state index in [9.17, 15) is 4.79 Å². The van der Waals surface area contributed by atoms with Crippen molar-refractivity contribution >= 4 is 11.8 Å². The lowest BCUT2D eigenvalue weighted by Crippen LogP contribution is -2.29. The fraction of sp³-hybridized carbons (Fsp3) is 0.615.